The molecule has 5 nitrogen and oxygen atoms in total. The first kappa shape index (κ1) is 16.4. The van der Waals surface area contributed by atoms with Crippen molar-refractivity contribution in [2.24, 2.45) is 5.92 Å². The van der Waals surface area contributed by atoms with E-state index in [1.54, 1.807) is 11.4 Å². The first-order chi connectivity index (χ1) is 11.5. The highest BCUT2D eigenvalue weighted by Crippen LogP contribution is 2.44. The van der Waals surface area contributed by atoms with Crippen molar-refractivity contribution in [2.75, 3.05) is 33.0 Å². The smallest absolute Gasteiger partial charge is 0.211 e. The van der Waals surface area contributed by atoms with E-state index < -0.39 is 10.0 Å². The Morgan fingerprint density at radius 1 is 1.25 bits per heavy atom. The molecule has 0 saturated carbocycles. The molecular formula is C18H26N2O3S. The van der Waals surface area contributed by atoms with Gasteiger partial charge < -0.3 is 4.74 Å². The zero-order valence-electron chi connectivity index (χ0n) is 14.4. The molecule has 24 heavy (non-hydrogen) atoms. The minimum atomic E-state index is -3.13. The van der Waals surface area contributed by atoms with Crippen molar-refractivity contribution in [3.05, 3.63) is 29.3 Å². The fraction of sp³-hybridized carbons (Fsp3) is 0.667. The van der Waals surface area contributed by atoms with E-state index in [4.69, 9.17) is 4.74 Å². The van der Waals surface area contributed by atoms with E-state index in [9.17, 15) is 8.42 Å². The van der Waals surface area contributed by atoms with Crippen molar-refractivity contribution in [1.82, 2.24) is 9.21 Å². The second-order valence-corrected chi connectivity index (χ2v) is 9.30. The van der Waals surface area contributed by atoms with E-state index in [0.717, 1.165) is 44.5 Å². The molecular weight excluding hydrogens is 324 g/mol. The number of ether oxygens (including phenoxy) is 1. The minimum absolute atomic E-state index is 0.146. The summed E-state index contributed by atoms with van der Waals surface area (Å²) in [5.74, 6) is 1.44. The molecule has 2 saturated heterocycles. The third kappa shape index (κ3) is 2.65. The van der Waals surface area contributed by atoms with E-state index in [-0.39, 0.29) is 6.04 Å². The van der Waals surface area contributed by atoms with Crippen molar-refractivity contribution in [2.45, 2.75) is 37.8 Å². The second-order valence-electron chi connectivity index (χ2n) is 7.37. The van der Waals surface area contributed by atoms with Crippen LogP contribution in [0, 0.1) is 5.92 Å². The Labute approximate surface area is 144 Å². The summed E-state index contributed by atoms with van der Waals surface area (Å²) < 4.78 is 31.8. The van der Waals surface area contributed by atoms with Gasteiger partial charge in [-0.25, -0.2) is 8.42 Å². The van der Waals surface area contributed by atoms with Crippen molar-refractivity contribution < 1.29 is 13.2 Å². The fourth-order valence-electron chi connectivity index (χ4n) is 5.02. The number of benzene rings is 1. The number of hydrogen-bond donors (Lipinski definition) is 0. The number of methoxy groups -OCH3 is 1. The van der Waals surface area contributed by atoms with Gasteiger partial charge in [-0.05, 0) is 43.2 Å². The predicted molar refractivity (Wildman–Crippen MR) is 93.7 cm³/mol. The van der Waals surface area contributed by atoms with Gasteiger partial charge in [0.2, 0.25) is 10.0 Å². The zero-order valence-corrected chi connectivity index (χ0v) is 15.3. The number of fused-ring (bicyclic) bond motifs is 4. The van der Waals surface area contributed by atoms with Gasteiger partial charge in [-0.15, -0.1) is 0 Å². The van der Waals surface area contributed by atoms with Crippen LogP contribution < -0.4 is 4.74 Å². The normalized spacial score (nSPS) is 31.0. The number of piperidine rings is 2. The maximum absolute atomic E-state index is 12.2. The van der Waals surface area contributed by atoms with Crippen molar-refractivity contribution in [1.29, 1.82) is 0 Å². The molecule has 0 N–H and O–H groups in total. The highest BCUT2D eigenvalue weighted by Gasteiger charge is 2.45. The molecule has 2 fully saturated rings. The lowest BCUT2D eigenvalue weighted by molar-refractivity contribution is 0.0219. The van der Waals surface area contributed by atoms with E-state index in [1.165, 1.54) is 17.4 Å². The Balaban J connectivity index is 1.69. The van der Waals surface area contributed by atoms with Crippen LogP contribution in [0.15, 0.2) is 18.2 Å². The lowest BCUT2D eigenvalue weighted by atomic mass is 9.77. The minimum Gasteiger partial charge on any atom is -0.496 e. The molecule has 6 heteroatoms. The molecule has 0 unspecified atom stereocenters. The van der Waals surface area contributed by atoms with Gasteiger partial charge in [0.15, 0.2) is 0 Å². The van der Waals surface area contributed by atoms with Crippen molar-refractivity contribution in [3.63, 3.8) is 0 Å². The molecule has 0 bridgehead atoms. The largest absolute Gasteiger partial charge is 0.496 e. The van der Waals surface area contributed by atoms with Gasteiger partial charge >= 0.3 is 0 Å². The Bertz CT molecular complexity index is 734. The predicted octanol–water partition coefficient (Wildman–Crippen LogP) is 2.04. The van der Waals surface area contributed by atoms with Crippen molar-refractivity contribution >= 4 is 10.0 Å². The number of nitrogens with zero attached hydrogens (tertiary/aromatic N) is 2. The third-order valence-electron chi connectivity index (χ3n) is 6.07. The van der Waals surface area contributed by atoms with E-state index in [2.05, 4.69) is 17.0 Å². The van der Waals surface area contributed by atoms with Gasteiger partial charge in [0, 0.05) is 37.3 Å². The molecule has 1 aromatic carbocycles. The molecule has 3 aliphatic rings. The molecule has 3 atom stereocenters. The molecule has 0 amide bonds. The van der Waals surface area contributed by atoms with Crippen LogP contribution in [0.5, 0.6) is 5.75 Å². The first-order valence-corrected chi connectivity index (χ1v) is 10.7. The summed E-state index contributed by atoms with van der Waals surface area (Å²) in [5, 5.41) is 0. The van der Waals surface area contributed by atoms with Crippen LogP contribution in [-0.2, 0) is 16.4 Å². The third-order valence-corrected chi connectivity index (χ3v) is 7.37. The van der Waals surface area contributed by atoms with Gasteiger partial charge in [-0.1, -0.05) is 12.1 Å². The Kier molecular flexibility index (Phi) is 4.09. The van der Waals surface area contributed by atoms with Gasteiger partial charge in [-0.2, -0.15) is 4.31 Å². The quantitative estimate of drug-likeness (QED) is 0.819. The topological polar surface area (TPSA) is 49.9 Å². The summed E-state index contributed by atoms with van der Waals surface area (Å²) in [4.78, 5) is 2.56. The molecule has 0 spiro atoms. The number of hydrogen-bond acceptors (Lipinski definition) is 4. The summed E-state index contributed by atoms with van der Waals surface area (Å²) in [6.45, 7) is 2.73. The summed E-state index contributed by atoms with van der Waals surface area (Å²) in [6.07, 6.45) is 5.41. The summed E-state index contributed by atoms with van der Waals surface area (Å²) >= 11 is 0. The lowest BCUT2D eigenvalue weighted by Crippen LogP contribution is -2.57. The van der Waals surface area contributed by atoms with Crippen LogP contribution in [0.1, 0.15) is 36.4 Å². The molecule has 132 valence electrons. The highest BCUT2D eigenvalue weighted by molar-refractivity contribution is 7.88. The van der Waals surface area contributed by atoms with Crippen LogP contribution in [-0.4, -0.2) is 56.7 Å². The van der Waals surface area contributed by atoms with Crippen molar-refractivity contribution in [3.8, 4) is 5.75 Å². The van der Waals surface area contributed by atoms with Gasteiger partial charge in [0.25, 0.3) is 0 Å². The number of rotatable bonds is 2. The maximum Gasteiger partial charge on any atom is 0.211 e. The zero-order chi connectivity index (χ0) is 16.9. The van der Waals surface area contributed by atoms with Gasteiger partial charge in [-0.3, -0.25) is 4.90 Å². The standard InChI is InChI=1S/C18H26N2O3S/c1-23-18-7-3-6-14-15(18)8-10-19-12-13-5-4-9-20(24(2,21)22)16(13)11-17(14)19/h3,6-7,13,16-17H,4-5,8-12H2,1-2H3/t13-,16+,17+/m1/s1. The molecule has 0 aliphatic carbocycles. The fourth-order valence-corrected chi connectivity index (χ4v) is 6.23. The molecule has 0 aromatic heterocycles. The molecule has 0 radical (unpaired) electrons. The lowest BCUT2D eigenvalue weighted by Gasteiger charge is -2.51. The Morgan fingerprint density at radius 2 is 2.08 bits per heavy atom. The summed E-state index contributed by atoms with van der Waals surface area (Å²) in [6, 6.07) is 6.74. The monoisotopic (exact) mass is 350 g/mol. The molecule has 4 rings (SSSR count). The maximum atomic E-state index is 12.2. The van der Waals surface area contributed by atoms with Crippen LogP contribution in [0.25, 0.3) is 0 Å². The molecule has 1 aromatic rings. The second kappa shape index (κ2) is 6.00. The number of sulfonamides is 1. The van der Waals surface area contributed by atoms with E-state index in [0.29, 0.717) is 18.5 Å². The first-order valence-electron chi connectivity index (χ1n) is 8.85. The summed E-state index contributed by atoms with van der Waals surface area (Å²) in [7, 11) is -1.41. The van der Waals surface area contributed by atoms with E-state index >= 15 is 0 Å². The highest BCUT2D eigenvalue weighted by atomic mass is 32.2. The van der Waals surface area contributed by atoms with Crippen LogP contribution in [0.3, 0.4) is 0 Å². The van der Waals surface area contributed by atoms with Crippen LogP contribution >= 0.6 is 0 Å². The Hall–Kier alpha value is -1.11. The summed E-state index contributed by atoms with van der Waals surface area (Å²) in [5.41, 5.74) is 2.64. The van der Waals surface area contributed by atoms with Gasteiger partial charge in [0.05, 0.1) is 13.4 Å². The van der Waals surface area contributed by atoms with E-state index in [1.807, 2.05) is 6.07 Å². The van der Waals surface area contributed by atoms with Gasteiger partial charge in [0.1, 0.15) is 5.75 Å². The Morgan fingerprint density at radius 3 is 2.83 bits per heavy atom. The average molecular weight is 350 g/mol. The molecule has 3 heterocycles. The molecule has 3 aliphatic heterocycles. The van der Waals surface area contributed by atoms with Crippen LogP contribution in [0.4, 0.5) is 0 Å². The van der Waals surface area contributed by atoms with Crippen LogP contribution in [0.2, 0.25) is 0 Å². The SMILES string of the molecule is COc1cccc2c1CCN1C[C@H]3CCCN(S(C)(=O)=O)[C@H]3C[C@@H]21. The average Bonchev–Trinajstić information content (AvgIpc) is 2.57.